The second kappa shape index (κ2) is 8.69. The topological polar surface area (TPSA) is 112 Å². The molecule has 134 valence electrons. The van der Waals surface area contributed by atoms with E-state index in [2.05, 4.69) is 10.4 Å². The number of nitrogens with one attached hydrogen (secondary N) is 1. The summed E-state index contributed by atoms with van der Waals surface area (Å²) < 4.78 is 16.3. The number of aliphatic hydroxyl groups is 1. The number of nitrogens with zero attached hydrogens (tertiary/aromatic N) is 2. The van der Waals surface area contributed by atoms with E-state index in [-0.39, 0.29) is 37.1 Å². The number of anilines is 1. The molecule has 2 rings (SSSR count). The number of carbonyl (C=O) groups excluding carboxylic acids is 2. The quantitative estimate of drug-likeness (QED) is 0.725. The van der Waals surface area contributed by atoms with E-state index < -0.39 is 12.1 Å². The minimum absolute atomic E-state index is 0.0539. The highest BCUT2D eigenvalue weighted by Gasteiger charge is 2.26. The number of ether oxygens (including phenoxy) is 3. The van der Waals surface area contributed by atoms with Gasteiger partial charge in [-0.25, -0.2) is 14.3 Å². The van der Waals surface area contributed by atoms with Crippen LogP contribution in [0.1, 0.15) is 15.9 Å². The fourth-order valence-corrected chi connectivity index (χ4v) is 2.03. The van der Waals surface area contributed by atoms with Gasteiger partial charge < -0.3 is 19.3 Å². The Morgan fingerprint density at radius 2 is 2.00 bits per heavy atom. The lowest BCUT2D eigenvalue weighted by Gasteiger charge is -2.09. The summed E-state index contributed by atoms with van der Waals surface area (Å²) in [4.78, 5) is 24.0. The largest absolute Gasteiger partial charge is 0.474 e. The van der Waals surface area contributed by atoms with Crippen molar-refractivity contribution < 1.29 is 28.9 Å². The molecule has 0 fully saturated rings. The molecule has 0 unspecified atom stereocenters. The predicted octanol–water partition coefficient (Wildman–Crippen LogP) is 1.33. The number of aryl methyl sites for hydroxylation is 1. The number of amides is 1. The number of carbonyl (C=O) groups is 2. The third-order valence-electron chi connectivity index (χ3n) is 3.17. The van der Waals surface area contributed by atoms with Gasteiger partial charge in [-0.1, -0.05) is 30.3 Å². The average Bonchev–Trinajstić information content (AvgIpc) is 2.93. The van der Waals surface area contributed by atoms with Crippen LogP contribution in [0.3, 0.4) is 0 Å². The summed E-state index contributed by atoms with van der Waals surface area (Å²) in [6, 6.07) is 9.15. The molecule has 0 radical (unpaired) electrons. The fraction of sp³-hybridized carbons (Fsp3) is 0.312. The zero-order valence-electron chi connectivity index (χ0n) is 13.9. The van der Waals surface area contributed by atoms with E-state index >= 15 is 0 Å². The van der Waals surface area contributed by atoms with E-state index in [4.69, 9.17) is 19.3 Å². The van der Waals surface area contributed by atoms with Crippen molar-refractivity contribution in [2.45, 2.75) is 6.61 Å². The molecular weight excluding hydrogens is 330 g/mol. The van der Waals surface area contributed by atoms with Crippen molar-refractivity contribution in [3.63, 3.8) is 0 Å². The summed E-state index contributed by atoms with van der Waals surface area (Å²) in [5, 5.41) is 15.3. The Morgan fingerprint density at radius 1 is 1.28 bits per heavy atom. The number of hydrogen-bond donors (Lipinski definition) is 2. The van der Waals surface area contributed by atoms with Gasteiger partial charge in [0.25, 0.3) is 0 Å². The van der Waals surface area contributed by atoms with E-state index in [1.165, 1.54) is 18.8 Å². The molecule has 0 spiro atoms. The minimum atomic E-state index is -0.759. The third kappa shape index (κ3) is 4.70. The number of rotatable bonds is 7. The lowest BCUT2D eigenvalue weighted by molar-refractivity contribution is 0.0595. The van der Waals surface area contributed by atoms with Crippen LogP contribution in [0, 0.1) is 0 Å². The molecule has 1 aromatic heterocycles. The van der Waals surface area contributed by atoms with Crippen LogP contribution in [0.15, 0.2) is 30.3 Å². The summed E-state index contributed by atoms with van der Waals surface area (Å²) >= 11 is 0. The van der Waals surface area contributed by atoms with Crippen molar-refractivity contribution in [1.82, 2.24) is 9.78 Å². The Hall–Kier alpha value is -3.07. The summed E-state index contributed by atoms with van der Waals surface area (Å²) in [5.41, 5.74) is 0.762. The summed E-state index contributed by atoms with van der Waals surface area (Å²) in [5.74, 6) is -0.723. The Kier molecular flexibility index (Phi) is 6.35. The lowest BCUT2D eigenvalue weighted by atomic mass is 10.2. The molecule has 0 aliphatic rings. The maximum absolute atomic E-state index is 12.0. The van der Waals surface area contributed by atoms with Crippen LogP contribution in [0.25, 0.3) is 0 Å². The molecule has 9 heteroatoms. The SMILES string of the molecule is COC(=O)c1c(OCCO)nn(C)c1NC(=O)OCc1ccccc1. The first-order valence-electron chi connectivity index (χ1n) is 7.43. The zero-order chi connectivity index (χ0) is 18.2. The van der Waals surface area contributed by atoms with E-state index in [0.717, 1.165) is 5.56 Å². The first kappa shape index (κ1) is 18.3. The van der Waals surface area contributed by atoms with E-state index in [1.54, 1.807) is 0 Å². The minimum Gasteiger partial charge on any atom is -0.474 e. The number of hydrogen-bond acceptors (Lipinski definition) is 7. The molecule has 25 heavy (non-hydrogen) atoms. The first-order valence-corrected chi connectivity index (χ1v) is 7.43. The molecule has 1 heterocycles. The molecule has 0 atom stereocenters. The van der Waals surface area contributed by atoms with Gasteiger partial charge in [0.15, 0.2) is 11.4 Å². The van der Waals surface area contributed by atoms with Crippen molar-refractivity contribution in [2.75, 3.05) is 25.6 Å². The molecule has 2 N–H and O–H groups in total. The summed E-state index contributed by atoms with van der Waals surface area (Å²) in [7, 11) is 2.72. The fourth-order valence-electron chi connectivity index (χ4n) is 2.03. The maximum atomic E-state index is 12.0. The third-order valence-corrected chi connectivity index (χ3v) is 3.17. The normalized spacial score (nSPS) is 10.2. The Balaban J connectivity index is 2.12. The smallest absolute Gasteiger partial charge is 0.413 e. The highest BCUT2D eigenvalue weighted by atomic mass is 16.5. The van der Waals surface area contributed by atoms with Crippen LogP contribution in [-0.4, -0.2) is 47.3 Å². The molecule has 1 amide bonds. The van der Waals surface area contributed by atoms with Crippen LogP contribution in [-0.2, 0) is 23.1 Å². The second-order valence-electron chi connectivity index (χ2n) is 4.90. The van der Waals surface area contributed by atoms with Gasteiger partial charge in [-0.05, 0) is 5.56 Å². The molecule has 1 aromatic carbocycles. The van der Waals surface area contributed by atoms with Crippen LogP contribution in [0.2, 0.25) is 0 Å². The monoisotopic (exact) mass is 349 g/mol. The number of aromatic nitrogens is 2. The van der Waals surface area contributed by atoms with Gasteiger partial charge >= 0.3 is 12.1 Å². The van der Waals surface area contributed by atoms with Gasteiger partial charge in [0, 0.05) is 7.05 Å². The number of benzene rings is 1. The van der Waals surface area contributed by atoms with Crippen LogP contribution in [0.4, 0.5) is 10.6 Å². The maximum Gasteiger partial charge on any atom is 0.413 e. The van der Waals surface area contributed by atoms with Crippen molar-refractivity contribution in [1.29, 1.82) is 0 Å². The first-order chi connectivity index (χ1) is 12.1. The molecule has 0 aliphatic heterocycles. The zero-order valence-corrected chi connectivity index (χ0v) is 13.9. The summed E-state index contributed by atoms with van der Waals surface area (Å²) in [6.45, 7) is -0.232. The van der Waals surface area contributed by atoms with Gasteiger partial charge in [0.1, 0.15) is 13.2 Å². The number of esters is 1. The molecular formula is C16H19N3O6. The van der Waals surface area contributed by atoms with Gasteiger partial charge in [0.05, 0.1) is 13.7 Å². The predicted molar refractivity (Wildman–Crippen MR) is 87.4 cm³/mol. The van der Waals surface area contributed by atoms with Crippen molar-refractivity contribution >= 4 is 17.9 Å². The van der Waals surface area contributed by atoms with Crippen molar-refractivity contribution in [2.24, 2.45) is 7.05 Å². The van der Waals surface area contributed by atoms with E-state index in [0.29, 0.717) is 0 Å². The Bertz CT molecular complexity index is 729. The van der Waals surface area contributed by atoms with E-state index in [1.807, 2.05) is 30.3 Å². The lowest BCUT2D eigenvalue weighted by Crippen LogP contribution is -2.18. The standard InChI is InChI=1S/C16H19N3O6/c1-19-13(12(15(21)23-2)14(18-19)24-9-8-20)17-16(22)25-10-11-6-4-3-5-7-11/h3-7,20H,8-10H2,1-2H3,(H,17,22). The van der Waals surface area contributed by atoms with E-state index in [9.17, 15) is 9.59 Å². The average molecular weight is 349 g/mol. The molecule has 9 nitrogen and oxygen atoms in total. The van der Waals surface area contributed by atoms with Gasteiger partial charge in [-0.3, -0.25) is 5.32 Å². The number of aliphatic hydroxyl groups excluding tert-OH is 1. The van der Waals surface area contributed by atoms with Crippen LogP contribution < -0.4 is 10.1 Å². The van der Waals surface area contributed by atoms with Crippen LogP contribution in [0.5, 0.6) is 5.88 Å². The van der Waals surface area contributed by atoms with Crippen molar-refractivity contribution in [3.8, 4) is 5.88 Å². The molecule has 0 saturated heterocycles. The molecule has 2 aromatic rings. The molecule has 0 saturated carbocycles. The number of methoxy groups -OCH3 is 1. The second-order valence-corrected chi connectivity index (χ2v) is 4.90. The molecule has 0 bridgehead atoms. The van der Waals surface area contributed by atoms with Gasteiger partial charge in [0.2, 0.25) is 5.88 Å². The van der Waals surface area contributed by atoms with Crippen molar-refractivity contribution in [3.05, 3.63) is 41.5 Å². The van der Waals surface area contributed by atoms with Gasteiger partial charge in [-0.15, -0.1) is 5.10 Å². The molecule has 0 aliphatic carbocycles. The highest BCUT2D eigenvalue weighted by molar-refractivity contribution is 6.00. The summed E-state index contributed by atoms with van der Waals surface area (Å²) in [6.07, 6.45) is -0.759. The Morgan fingerprint density at radius 3 is 2.64 bits per heavy atom. The highest BCUT2D eigenvalue weighted by Crippen LogP contribution is 2.26. The van der Waals surface area contributed by atoms with Crippen LogP contribution >= 0.6 is 0 Å². The Labute approximate surface area is 144 Å². The van der Waals surface area contributed by atoms with Gasteiger partial charge in [-0.2, -0.15) is 0 Å².